The van der Waals surface area contributed by atoms with Gasteiger partial charge in [0.15, 0.2) is 5.78 Å². The van der Waals surface area contributed by atoms with Crippen LogP contribution in [0.15, 0.2) is 24.3 Å². The lowest BCUT2D eigenvalue weighted by atomic mass is 10.0. The number of ketones is 1. The van der Waals surface area contributed by atoms with E-state index in [1.807, 2.05) is 45.0 Å². The van der Waals surface area contributed by atoms with Crippen molar-refractivity contribution in [2.75, 3.05) is 38.6 Å². The normalized spacial score (nSPS) is 20.0. The van der Waals surface area contributed by atoms with Crippen molar-refractivity contribution < 1.29 is 24.0 Å². The molecule has 0 aromatic heterocycles. The number of carbonyl (C=O) groups is 5. The number of rotatable bonds is 8. The van der Waals surface area contributed by atoms with Crippen LogP contribution in [0.3, 0.4) is 0 Å². The van der Waals surface area contributed by atoms with E-state index in [0.717, 1.165) is 5.69 Å². The molecule has 1 aromatic rings. The Morgan fingerprint density at radius 3 is 2.31 bits per heavy atom. The maximum atomic E-state index is 13.6. The van der Waals surface area contributed by atoms with E-state index in [4.69, 9.17) is 0 Å². The molecule has 2 aliphatic heterocycles. The zero-order valence-corrected chi connectivity index (χ0v) is 21.0. The SMILES string of the molecule is CC(=O)NCC(=O)N1CC(=O)C2C1CCN2C(=O)C(CC(C)C)NC(=O)c1ccc(N(C)C)cc1. The van der Waals surface area contributed by atoms with Gasteiger partial charge in [-0.05, 0) is 43.0 Å². The van der Waals surface area contributed by atoms with Crippen molar-refractivity contribution in [3.05, 3.63) is 29.8 Å². The highest BCUT2D eigenvalue weighted by Gasteiger charge is 2.52. The minimum absolute atomic E-state index is 0.0863. The van der Waals surface area contributed by atoms with Gasteiger partial charge in [0.05, 0.1) is 19.1 Å². The van der Waals surface area contributed by atoms with E-state index < -0.39 is 18.1 Å². The average Bonchev–Trinajstić information content (AvgIpc) is 3.37. The highest BCUT2D eigenvalue weighted by Crippen LogP contribution is 2.30. The molecule has 35 heavy (non-hydrogen) atoms. The molecule has 2 heterocycles. The van der Waals surface area contributed by atoms with Gasteiger partial charge in [-0.1, -0.05) is 13.8 Å². The summed E-state index contributed by atoms with van der Waals surface area (Å²) in [5, 5.41) is 5.33. The third-order valence-corrected chi connectivity index (χ3v) is 6.47. The third kappa shape index (κ3) is 5.98. The molecule has 0 spiro atoms. The standard InChI is InChI=1S/C25H35N5O5/c1-15(2)12-19(27-24(34)17-6-8-18(9-7-17)28(4)5)25(35)29-11-10-20-23(29)21(32)14-30(20)22(33)13-26-16(3)31/h6-9,15,19-20,23H,10-14H2,1-5H3,(H,26,31)(H,27,34). The van der Waals surface area contributed by atoms with Crippen molar-refractivity contribution in [3.63, 3.8) is 0 Å². The summed E-state index contributed by atoms with van der Waals surface area (Å²) in [6.07, 6.45) is 0.899. The van der Waals surface area contributed by atoms with Crippen LogP contribution >= 0.6 is 0 Å². The molecule has 10 nitrogen and oxygen atoms in total. The monoisotopic (exact) mass is 485 g/mol. The van der Waals surface area contributed by atoms with E-state index in [-0.39, 0.29) is 48.4 Å². The van der Waals surface area contributed by atoms with Gasteiger partial charge < -0.3 is 25.3 Å². The largest absolute Gasteiger partial charge is 0.378 e. The second kappa shape index (κ2) is 10.9. The number of nitrogens with one attached hydrogen (secondary N) is 2. The zero-order valence-electron chi connectivity index (χ0n) is 21.0. The van der Waals surface area contributed by atoms with Gasteiger partial charge in [0.2, 0.25) is 17.7 Å². The Hall–Kier alpha value is -3.43. The Morgan fingerprint density at radius 2 is 1.74 bits per heavy atom. The number of nitrogens with zero attached hydrogens (tertiary/aromatic N) is 3. The van der Waals surface area contributed by atoms with Crippen LogP contribution in [0, 0.1) is 5.92 Å². The number of hydrogen-bond donors (Lipinski definition) is 2. The second-order valence-electron chi connectivity index (χ2n) is 9.83. The van der Waals surface area contributed by atoms with Crippen LogP contribution in [0.4, 0.5) is 5.69 Å². The summed E-state index contributed by atoms with van der Waals surface area (Å²) in [6, 6.07) is 5.17. The minimum Gasteiger partial charge on any atom is -0.378 e. The number of benzene rings is 1. The van der Waals surface area contributed by atoms with E-state index in [9.17, 15) is 24.0 Å². The number of fused-ring (bicyclic) bond motifs is 1. The second-order valence-corrected chi connectivity index (χ2v) is 9.83. The van der Waals surface area contributed by atoms with E-state index in [2.05, 4.69) is 10.6 Å². The van der Waals surface area contributed by atoms with E-state index >= 15 is 0 Å². The van der Waals surface area contributed by atoms with Crippen molar-refractivity contribution in [2.24, 2.45) is 5.92 Å². The van der Waals surface area contributed by atoms with Crippen molar-refractivity contribution >= 4 is 35.1 Å². The first-order valence-electron chi connectivity index (χ1n) is 11.9. The fraction of sp³-hybridized carbons (Fsp3) is 0.560. The predicted molar refractivity (Wildman–Crippen MR) is 131 cm³/mol. The van der Waals surface area contributed by atoms with E-state index in [1.165, 1.54) is 16.7 Å². The average molecular weight is 486 g/mol. The van der Waals surface area contributed by atoms with Gasteiger partial charge >= 0.3 is 0 Å². The topological polar surface area (TPSA) is 119 Å². The van der Waals surface area contributed by atoms with E-state index in [1.54, 1.807) is 12.1 Å². The summed E-state index contributed by atoms with van der Waals surface area (Å²) in [7, 11) is 3.82. The highest BCUT2D eigenvalue weighted by atomic mass is 16.2. The Labute approximate surface area is 206 Å². The summed E-state index contributed by atoms with van der Waals surface area (Å²) in [6.45, 7) is 5.31. The molecule has 0 aliphatic carbocycles. The molecule has 2 aliphatic rings. The number of anilines is 1. The molecular weight excluding hydrogens is 450 g/mol. The number of amides is 4. The zero-order chi connectivity index (χ0) is 25.9. The predicted octanol–water partition coefficient (Wildman–Crippen LogP) is 0.414. The van der Waals surface area contributed by atoms with Gasteiger partial charge in [-0.25, -0.2) is 0 Å². The van der Waals surface area contributed by atoms with Crippen LogP contribution in [-0.2, 0) is 19.2 Å². The van der Waals surface area contributed by atoms with Crippen molar-refractivity contribution in [3.8, 4) is 0 Å². The molecule has 0 bridgehead atoms. The summed E-state index contributed by atoms with van der Waals surface area (Å²) in [5.74, 6) is -1.40. The molecular formula is C25H35N5O5. The summed E-state index contributed by atoms with van der Waals surface area (Å²) in [5.41, 5.74) is 1.40. The lowest BCUT2D eigenvalue weighted by Crippen LogP contribution is -2.53. The summed E-state index contributed by atoms with van der Waals surface area (Å²) in [4.78, 5) is 68.0. The molecule has 2 N–H and O–H groups in total. The first-order chi connectivity index (χ1) is 16.5. The van der Waals surface area contributed by atoms with Gasteiger partial charge in [-0.15, -0.1) is 0 Å². The lowest BCUT2D eigenvalue weighted by molar-refractivity contribution is -0.138. The highest BCUT2D eigenvalue weighted by molar-refractivity contribution is 6.01. The third-order valence-electron chi connectivity index (χ3n) is 6.47. The van der Waals surface area contributed by atoms with Crippen molar-refractivity contribution in [2.45, 2.75) is 51.7 Å². The van der Waals surface area contributed by atoms with Crippen LogP contribution in [0.5, 0.6) is 0 Å². The smallest absolute Gasteiger partial charge is 0.251 e. The molecule has 1 aromatic carbocycles. The molecule has 190 valence electrons. The summed E-state index contributed by atoms with van der Waals surface area (Å²) < 4.78 is 0. The molecule has 4 amide bonds. The van der Waals surface area contributed by atoms with Crippen LogP contribution in [-0.4, -0.2) is 91.1 Å². The number of likely N-dealkylation sites (tertiary alicyclic amines) is 2. The molecule has 2 saturated heterocycles. The molecule has 10 heteroatoms. The maximum absolute atomic E-state index is 13.6. The van der Waals surface area contributed by atoms with Gasteiger partial charge in [-0.3, -0.25) is 24.0 Å². The number of hydrogen-bond acceptors (Lipinski definition) is 6. The summed E-state index contributed by atoms with van der Waals surface area (Å²) >= 11 is 0. The van der Waals surface area contributed by atoms with Gasteiger partial charge in [-0.2, -0.15) is 0 Å². The van der Waals surface area contributed by atoms with Gasteiger partial charge in [0, 0.05) is 38.8 Å². The van der Waals surface area contributed by atoms with Crippen molar-refractivity contribution in [1.29, 1.82) is 0 Å². The fourth-order valence-electron chi connectivity index (χ4n) is 4.74. The Balaban J connectivity index is 1.73. The Morgan fingerprint density at radius 1 is 1.09 bits per heavy atom. The minimum atomic E-state index is -0.785. The van der Waals surface area contributed by atoms with Gasteiger partial charge in [0.1, 0.15) is 12.1 Å². The first-order valence-corrected chi connectivity index (χ1v) is 11.9. The van der Waals surface area contributed by atoms with Crippen LogP contribution in [0.2, 0.25) is 0 Å². The molecule has 0 saturated carbocycles. The molecule has 3 rings (SSSR count). The van der Waals surface area contributed by atoms with E-state index in [0.29, 0.717) is 24.9 Å². The van der Waals surface area contributed by atoms with Crippen LogP contribution < -0.4 is 15.5 Å². The Kier molecular flexibility index (Phi) is 8.14. The fourth-order valence-corrected chi connectivity index (χ4v) is 4.74. The van der Waals surface area contributed by atoms with Crippen molar-refractivity contribution in [1.82, 2.24) is 20.4 Å². The molecule has 0 radical (unpaired) electrons. The quantitative estimate of drug-likeness (QED) is 0.551. The van der Waals surface area contributed by atoms with Gasteiger partial charge in [0.25, 0.3) is 5.91 Å². The van der Waals surface area contributed by atoms with Crippen LogP contribution in [0.25, 0.3) is 0 Å². The molecule has 3 unspecified atom stereocenters. The number of carbonyl (C=O) groups excluding carboxylic acids is 5. The number of Topliss-reactive ketones (excluding diaryl/α,β-unsaturated/α-hetero) is 1. The molecule has 3 atom stereocenters. The maximum Gasteiger partial charge on any atom is 0.251 e. The first kappa shape index (κ1) is 26.2. The van der Waals surface area contributed by atoms with Crippen LogP contribution in [0.1, 0.15) is 44.0 Å². The Bertz CT molecular complexity index is 990. The molecule has 2 fully saturated rings. The lowest BCUT2D eigenvalue weighted by Gasteiger charge is -2.29.